The molecule has 2 aliphatic rings. The molecule has 0 spiro atoms. The standard InChI is InChI=1S/C30H23FN6O2/c1-19-33-34-27-17-32-29(21-9-3-5-11-24(21)31)23-16-20(13-14-26(23)37(19)27)8-7-15-36-25-12-6-4-10-22(25)30(39)35(2)18-28(36)38/h3-6,9-14,16H,15,17-18H2,1-2H3. The van der Waals surface area contributed by atoms with Crippen molar-refractivity contribution in [1.82, 2.24) is 19.7 Å². The van der Waals surface area contributed by atoms with Gasteiger partial charge in [-0.3, -0.25) is 24.0 Å². The quantitative estimate of drug-likeness (QED) is 0.380. The highest BCUT2D eigenvalue weighted by atomic mass is 19.1. The summed E-state index contributed by atoms with van der Waals surface area (Å²) in [4.78, 5) is 33.3. The monoisotopic (exact) mass is 518 g/mol. The van der Waals surface area contributed by atoms with Gasteiger partial charge in [-0.25, -0.2) is 4.39 Å². The second-order valence-corrected chi connectivity index (χ2v) is 9.34. The number of hydrogen-bond acceptors (Lipinski definition) is 5. The molecule has 1 aromatic heterocycles. The topological polar surface area (TPSA) is 83.7 Å². The molecule has 0 atom stereocenters. The van der Waals surface area contributed by atoms with Crippen molar-refractivity contribution in [1.29, 1.82) is 0 Å². The fraction of sp³-hybridized carbons (Fsp3) is 0.167. The van der Waals surface area contributed by atoms with Crippen LogP contribution >= 0.6 is 0 Å². The summed E-state index contributed by atoms with van der Waals surface area (Å²) in [5.41, 5.74) is 4.07. The van der Waals surface area contributed by atoms with E-state index < -0.39 is 0 Å². The van der Waals surface area contributed by atoms with Crippen LogP contribution in [0.2, 0.25) is 0 Å². The van der Waals surface area contributed by atoms with Gasteiger partial charge in [0.2, 0.25) is 5.91 Å². The molecule has 4 aromatic rings. The largest absolute Gasteiger partial charge is 0.332 e. The van der Waals surface area contributed by atoms with Gasteiger partial charge in [0, 0.05) is 23.7 Å². The first-order chi connectivity index (χ1) is 18.9. The van der Waals surface area contributed by atoms with Crippen molar-refractivity contribution in [3.8, 4) is 17.5 Å². The van der Waals surface area contributed by atoms with Crippen LogP contribution in [0.3, 0.4) is 0 Å². The molecule has 2 aliphatic heterocycles. The van der Waals surface area contributed by atoms with Gasteiger partial charge < -0.3 is 4.90 Å². The Morgan fingerprint density at radius 2 is 1.69 bits per heavy atom. The Kier molecular flexibility index (Phi) is 6.00. The van der Waals surface area contributed by atoms with Gasteiger partial charge in [0.1, 0.15) is 24.7 Å². The van der Waals surface area contributed by atoms with E-state index in [9.17, 15) is 14.0 Å². The highest BCUT2D eigenvalue weighted by Crippen LogP contribution is 2.28. The van der Waals surface area contributed by atoms with E-state index in [4.69, 9.17) is 4.99 Å². The van der Waals surface area contributed by atoms with Gasteiger partial charge in [-0.05, 0) is 49.4 Å². The molecule has 0 N–H and O–H groups in total. The molecule has 3 aromatic carbocycles. The number of aryl methyl sites for hydroxylation is 1. The van der Waals surface area contributed by atoms with Crippen LogP contribution < -0.4 is 4.90 Å². The number of hydrogen-bond donors (Lipinski definition) is 0. The number of rotatable bonds is 2. The van der Waals surface area contributed by atoms with Gasteiger partial charge in [-0.1, -0.05) is 36.1 Å². The summed E-state index contributed by atoms with van der Waals surface area (Å²) in [5.74, 6) is 6.82. The minimum atomic E-state index is -0.370. The smallest absolute Gasteiger partial charge is 0.256 e. The Labute approximate surface area is 224 Å². The first kappa shape index (κ1) is 24.2. The highest BCUT2D eigenvalue weighted by Gasteiger charge is 2.29. The zero-order chi connectivity index (χ0) is 27.1. The van der Waals surface area contributed by atoms with Gasteiger partial charge in [0.05, 0.1) is 29.2 Å². The molecule has 0 saturated heterocycles. The van der Waals surface area contributed by atoms with Gasteiger partial charge in [-0.15, -0.1) is 10.2 Å². The third kappa shape index (κ3) is 4.26. The van der Waals surface area contributed by atoms with Crippen LogP contribution in [0.25, 0.3) is 5.69 Å². The van der Waals surface area contributed by atoms with Crippen LogP contribution in [-0.4, -0.2) is 57.3 Å². The van der Waals surface area contributed by atoms with E-state index in [0.29, 0.717) is 45.3 Å². The Balaban J connectivity index is 1.39. The number of aromatic nitrogens is 3. The lowest BCUT2D eigenvalue weighted by Gasteiger charge is -2.19. The molecule has 39 heavy (non-hydrogen) atoms. The fourth-order valence-electron chi connectivity index (χ4n) is 4.92. The number of nitrogens with zero attached hydrogens (tertiary/aromatic N) is 6. The average molecular weight is 519 g/mol. The second kappa shape index (κ2) is 9.65. The molecule has 2 amide bonds. The number of likely N-dealkylation sites (N-methyl/N-ethyl adjacent to an activating group) is 1. The first-order valence-corrected chi connectivity index (χ1v) is 12.4. The van der Waals surface area contributed by atoms with E-state index in [2.05, 4.69) is 22.0 Å². The maximum atomic E-state index is 14.9. The molecule has 0 saturated carbocycles. The molecular formula is C30H23FN6O2. The maximum absolute atomic E-state index is 14.9. The summed E-state index contributed by atoms with van der Waals surface area (Å²) in [5, 5.41) is 8.45. The lowest BCUT2D eigenvalue weighted by molar-refractivity contribution is -0.118. The molecule has 8 nitrogen and oxygen atoms in total. The summed E-state index contributed by atoms with van der Waals surface area (Å²) < 4.78 is 16.8. The van der Waals surface area contributed by atoms with Gasteiger partial charge in [0.25, 0.3) is 5.91 Å². The number of halogens is 1. The molecule has 0 radical (unpaired) electrons. The predicted molar refractivity (Wildman–Crippen MR) is 144 cm³/mol. The molecule has 0 unspecified atom stereocenters. The van der Waals surface area contributed by atoms with Crippen LogP contribution in [0.4, 0.5) is 10.1 Å². The summed E-state index contributed by atoms with van der Waals surface area (Å²) in [6.45, 7) is 2.19. The van der Waals surface area contributed by atoms with Crippen molar-refractivity contribution in [2.24, 2.45) is 4.99 Å². The van der Waals surface area contributed by atoms with E-state index >= 15 is 0 Å². The number of carbonyl (C=O) groups excluding carboxylic acids is 2. The van der Waals surface area contributed by atoms with Gasteiger partial charge >= 0.3 is 0 Å². The third-order valence-corrected chi connectivity index (χ3v) is 6.81. The zero-order valence-electron chi connectivity index (χ0n) is 21.3. The molecule has 9 heteroatoms. The van der Waals surface area contributed by atoms with E-state index in [-0.39, 0.29) is 37.3 Å². The number of amides is 2. The van der Waals surface area contributed by atoms with Crippen molar-refractivity contribution >= 4 is 23.2 Å². The van der Waals surface area contributed by atoms with Crippen molar-refractivity contribution in [2.75, 3.05) is 25.0 Å². The molecule has 3 heterocycles. The van der Waals surface area contributed by atoms with Crippen LogP contribution in [-0.2, 0) is 11.3 Å². The zero-order valence-corrected chi connectivity index (χ0v) is 21.3. The van der Waals surface area contributed by atoms with Gasteiger partial charge in [0.15, 0.2) is 5.82 Å². The Morgan fingerprint density at radius 1 is 0.923 bits per heavy atom. The molecule has 0 fully saturated rings. The van der Waals surface area contributed by atoms with Crippen molar-refractivity contribution in [3.05, 3.63) is 106 Å². The predicted octanol–water partition coefficient (Wildman–Crippen LogP) is 3.54. The number of fused-ring (bicyclic) bond motifs is 4. The average Bonchev–Trinajstić information content (AvgIpc) is 3.18. The van der Waals surface area contributed by atoms with Crippen LogP contribution in [0.5, 0.6) is 0 Å². The van der Waals surface area contributed by atoms with Crippen LogP contribution in [0.1, 0.15) is 38.7 Å². The number of benzene rings is 3. The van der Waals surface area contributed by atoms with Crippen molar-refractivity contribution in [2.45, 2.75) is 13.5 Å². The Hall–Kier alpha value is -5.10. The summed E-state index contributed by atoms with van der Waals surface area (Å²) >= 11 is 0. The first-order valence-electron chi connectivity index (χ1n) is 12.4. The third-order valence-electron chi connectivity index (χ3n) is 6.81. The van der Waals surface area contributed by atoms with E-state index in [1.165, 1.54) is 15.9 Å². The number of para-hydroxylation sites is 1. The minimum absolute atomic E-state index is 0.0306. The van der Waals surface area contributed by atoms with Crippen LogP contribution in [0, 0.1) is 24.6 Å². The van der Waals surface area contributed by atoms with E-state index in [1.54, 1.807) is 49.5 Å². The highest BCUT2D eigenvalue weighted by molar-refractivity contribution is 6.15. The molecule has 6 rings (SSSR count). The van der Waals surface area contributed by atoms with Gasteiger partial charge in [-0.2, -0.15) is 0 Å². The maximum Gasteiger partial charge on any atom is 0.256 e. The molecule has 192 valence electrons. The van der Waals surface area contributed by atoms with E-state index in [0.717, 1.165) is 5.69 Å². The summed E-state index contributed by atoms with van der Waals surface area (Å²) in [6.07, 6.45) is 0. The van der Waals surface area contributed by atoms with Crippen molar-refractivity contribution < 1.29 is 14.0 Å². The minimum Gasteiger partial charge on any atom is -0.332 e. The normalized spacial score (nSPS) is 14.4. The van der Waals surface area contributed by atoms with Crippen LogP contribution in [0.15, 0.2) is 71.7 Å². The molecular weight excluding hydrogens is 495 g/mol. The lowest BCUT2D eigenvalue weighted by atomic mass is 9.98. The Morgan fingerprint density at radius 3 is 2.51 bits per heavy atom. The lowest BCUT2D eigenvalue weighted by Crippen LogP contribution is -2.37. The Bertz CT molecular complexity index is 1750. The van der Waals surface area contributed by atoms with Crippen molar-refractivity contribution in [3.63, 3.8) is 0 Å². The van der Waals surface area contributed by atoms with E-state index in [1.807, 2.05) is 29.7 Å². The number of carbonyl (C=O) groups is 2. The molecule has 0 bridgehead atoms. The summed E-state index contributed by atoms with van der Waals surface area (Å²) in [6, 6.07) is 19.2. The number of aliphatic imine (C=N–C) groups is 1. The fourth-order valence-corrected chi connectivity index (χ4v) is 4.92. The number of anilines is 1. The molecule has 0 aliphatic carbocycles. The SMILES string of the molecule is Cc1nnc2n1-c1ccc(C#CCN3C(=O)CN(C)C(=O)c4ccccc43)cc1C(c1ccccc1F)=NC2. The second-order valence-electron chi connectivity index (χ2n) is 9.34. The summed E-state index contributed by atoms with van der Waals surface area (Å²) in [7, 11) is 1.61.